The molecule has 0 saturated heterocycles. The lowest BCUT2D eigenvalue weighted by molar-refractivity contribution is -0.384. The van der Waals surface area contributed by atoms with Crippen LogP contribution in [0, 0.1) is 10.1 Å². The number of hydrogen-bond donors (Lipinski definition) is 1. The second kappa shape index (κ2) is 6.67. The van der Waals surface area contributed by atoms with E-state index in [4.69, 9.17) is 10.3 Å². The molecule has 1 aromatic carbocycles. The molecule has 1 aliphatic heterocycles. The number of amides is 2. The maximum absolute atomic E-state index is 12.0. The van der Waals surface area contributed by atoms with Gasteiger partial charge in [-0.25, -0.2) is 9.80 Å². The summed E-state index contributed by atoms with van der Waals surface area (Å²) >= 11 is 0. The molecule has 0 aromatic heterocycles. The lowest BCUT2D eigenvalue weighted by Crippen LogP contribution is -2.27. The molecule has 0 radical (unpaired) electrons. The third-order valence-electron chi connectivity index (χ3n) is 3.11. The largest absolute Gasteiger partial charge is 0.496 e. The number of urea groups is 1. The van der Waals surface area contributed by atoms with Crippen molar-refractivity contribution in [1.82, 2.24) is 5.01 Å². The van der Waals surface area contributed by atoms with Crippen LogP contribution in [-0.2, 0) is 0 Å². The Morgan fingerprint density at radius 2 is 2.25 bits per heavy atom. The van der Waals surface area contributed by atoms with Crippen molar-refractivity contribution in [3.63, 3.8) is 0 Å². The molecule has 2 rings (SSSR count). The second-order valence-electron chi connectivity index (χ2n) is 4.66. The Balaban J connectivity index is 2.29. The molecule has 11 heteroatoms. The first-order valence-electron chi connectivity index (χ1n) is 6.61. The number of nitro benzene ring substituents is 1. The van der Waals surface area contributed by atoms with Crippen LogP contribution < -0.4 is 10.1 Å². The van der Waals surface area contributed by atoms with Crippen molar-refractivity contribution >= 4 is 34.7 Å². The smallest absolute Gasteiger partial charge is 0.382 e. The summed E-state index contributed by atoms with van der Waals surface area (Å²) in [6.45, 7) is 1.58. The van der Waals surface area contributed by atoms with Crippen molar-refractivity contribution in [1.29, 1.82) is 0 Å². The average molecular weight is 331 g/mol. The molecule has 0 atom stereocenters. The van der Waals surface area contributed by atoms with Gasteiger partial charge in [0, 0.05) is 7.05 Å². The fourth-order valence-electron chi connectivity index (χ4n) is 2.01. The van der Waals surface area contributed by atoms with Gasteiger partial charge in [0.1, 0.15) is 11.4 Å². The maximum Gasteiger partial charge on any atom is 0.382 e. The molecule has 1 aromatic rings. The van der Waals surface area contributed by atoms with Crippen molar-refractivity contribution in [2.24, 2.45) is 10.1 Å². The highest BCUT2D eigenvalue weighted by atomic mass is 16.6. The number of ether oxygens (including phenoxy) is 1. The molecule has 0 unspecified atom stereocenters. The number of amidine groups is 1. The van der Waals surface area contributed by atoms with Crippen molar-refractivity contribution in [3.05, 3.63) is 33.8 Å². The van der Waals surface area contributed by atoms with Crippen LogP contribution in [0.15, 0.2) is 28.3 Å². The zero-order chi connectivity index (χ0) is 17.9. The number of carbonyl (C=O) groups excluding carboxylic acids is 1. The Morgan fingerprint density at radius 3 is 2.83 bits per heavy atom. The summed E-state index contributed by atoms with van der Waals surface area (Å²) < 4.78 is 4.92. The number of hydrazone groups is 1. The summed E-state index contributed by atoms with van der Waals surface area (Å²) in [4.78, 5) is 29.3. The molecular formula is C13H13N7O4. The summed E-state index contributed by atoms with van der Waals surface area (Å²) in [7, 11) is 2.89. The van der Waals surface area contributed by atoms with E-state index in [0.29, 0.717) is 5.71 Å². The van der Waals surface area contributed by atoms with Crippen LogP contribution in [0.1, 0.15) is 6.92 Å². The predicted octanol–water partition coefficient (Wildman–Crippen LogP) is 1.53. The Hall–Kier alpha value is -3.59. The van der Waals surface area contributed by atoms with Crippen LogP contribution in [0.4, 0.5) is 16.2 Å². The van der Waals surface area contributed by atoms with Crippen molar-refractivity contribution in [2.75, 3.05) is 19.5 Å². The van der Waals surface area contributed by atoms with Gasteiger partial charge >= 0.3 is 11.7 Å². The number of rotatable bonds is 3. The molecule has 124 valence electrons. The van der Waals surface area contributed by atoms with E-state index in [1.165, 1.54) is 37.4 Å². The van der Waals surface area contributed by atoms with E-state index >= 15 is 0 Å². The topological polar surface area (TPSA) is 146 Å². The lowest BCUT2D eigenvalue weighted by atomic mass is 10.2. The van der Waals surface area contributed by atoms with E-state index < -0.39 is 11.0 Å². The van der Waals surface area contributed by atoms with Crippen LogP contribution in [0.2, 0.25) is 0 Å². The molecule has 2 amide bonds. The second-order valence-corrected chi connectivity index (χ2v) is 4.66. The summed E-state index contributed by atoms with van der Waals surface area (Å²) in [5.41, 5.74) is 9.00. The van der Waals surface area contributed by atoms with Crippen LogP contribution in [0.5, 0.6) is 5.75 Å². The third-order valence-corrected chi connectivity index (χ3v) is 3.11. The third kappa shape index (κ3) is 3.25. The fraction of sp³-hybridized carbons (Fsp3) is 0.231. The van der Waals surface area contributed by atoms with Gasteiger partial charge in [-0.1, -0.05) is 0 Å². The highest BCUT2D eigenvalue weighted by Gasteiger charge is 2.33. The minimum absolute atomic E-state index is 0.0173. The van der Waals surface area contributed by atoms with E-state index in [1.54, 1.807) is 6.92 Å². The number of nitro groups is 1. The number of hydrogen-bond acceptors (Lipinski definition) is 5. The van der Waals surface area contributed by atoms with Gasteiger partial charge in [0.15, 0.2) is 5.71 Å². The number of nitrogens with zero attached hydrogens (tertiary/aromatic N) is 6. The Labute approximate surface area is 136 Å². The molecule has 0 aliphatic carbocycles. The van der Waals surface area contributed by atoms with E-state index in [1.807, 2.05) is 0 Å². The van der Waals surface area contributed by atoms with Gasteiger partial charge in [-0.05, 0) is 19.1 Å². The first-order valence-corrected chi connectivity index (χ1v) is 6.61. The van der Waals surface area contributed by atoms with Crippen LogP contribution in [0.3, 0.4) is 0 Å². The number of methoxy groups -OCH3 is 1. The van der Waals surface area contributed by atoms with Crippen LogP contribution in [-0.4, -0.2) is 52.2 Å². The van der Waals surface area contributed by atoms with E-state index in [0.717, 1.165) is 0 Å². The Kier molecular flexibility index (Phi) is 4.66. The number of carbonyl (C=O) groups is 1. The minimum Gasteiger partial charge on any atom is -0.496 e. The summed E-state index contributed by atoms with van der Waals surface area (Å²) in [5, 5.41) is 18.6. The number of anilines is 1. The van der Waals surface area contributed by atoms with E-state index in [2.05, 4.69) is 20.2 Å². The molecular weight excluding hydrogens is 318 g/mol. The molecule has 1 aliphatic rings. The van der Waals surface area contributed by atoms with Crippen molar-refractivity contribution in [3.8, 4) is 5.75 Å². The SMILES string of the molecule is COc1ccc(NC(=O)/N=C2\C(=[N+]=[N-])C(C)=NN2C)c([N+](=O)[O-])c1. The maximum atomic E-state index is 12.0. The minimum atomic E-state index is -0.879. The molecule has 24 heavy (non-hydrogen) atoms. The van der Waals surface area contributed by atoms with Gasteiger partial charge in [0.25, 0.3) is 5.69 Å². The van der Waals surface area contributed by atoms with Gasteiger partial charge in [0.2, 0.25) is 5.84 Å². The van der Waals surface area contributed by atoms with Crippen molar-refractivity contribution < 1.29 is 19.2 Å². The zero-order valence-corrected chi connectivity index (χ0v) is 13.0. The first-order chi connectivity index (χ1) is 11.4. The Morgan fingerprint density at radius 1 is 1.54 bits per heavy atom. The van der Waals surface area contributed by atoms with E-state index in [-0.39, 0.29) is 28.7 Å². The molecule has 0 spiro atoms. The van der Waals surface area contributed by atoms with Crippen LogP contribution in [0.25, 0.3) is 5.53 Å². The lowest BCUT2D eigenvalue weighted by Gasteiger charge is -2.07. The number of benzene rings is 1. The summed E-state index contributed by atoms with van der Waals surface area (Å²) in [5.74, 6) is 0.295. The molecule has 1 N–H and O–H groups in total. The monoisotopic (exact) mass is 331 g/mol. The standard InChI is InChI=1S/C13H13N7O4/c1-7-11(17-14)12(19(2)18-7)16-13(21)15-9-5-4-8(24-3)6-10(9)20(22)23/h4-6H,1-3H3,(H,15,21)/b16-12+. The van der Waals surface area contributed by atoms with Gasteiger partial charge < -0.3 is 15.6 Å². The van der Waals surface area contributed by atoms with Gasteiger partial charge in [-0.15, -0.1) is 0 Å². The summed E-state index contributed by atoms with van der Waals surface area (Å²) in [6.07, 6.45) is 0. The van der Waals surface area contributed by atoms with Crippen LogP contribution >= 0.6 is 0 Å². The fourth-order valence-corrected chi connectivity index (χ4v) is 2.01. The Bertz CT molecular complexity index is 824. The van der Waals surface area contributed by atoms with E-state index in [9.17, 15) is 14.9 Å². The highest BCUT2D eigenvalue weighted by Crippen LogP contribution is 2.29. The predicted molar refractivity (Wildman–Crippen MR) is 85.6 cm³/mol. The van der Waals surface area contributed by atoms with Gasteiger partial charge in [-0.3, -0.25) is 10.1 Å². The first kappa shape index (κ1) is 16.8. The average Bonchev–Trinajstić information content (AvgIpc) is 2.80. The highest BCUT2D eigenvalue weighted by molar-refractivity contribution is 6.68. The number of aliphatic imine (C=N–C) groups is 1. The summed E-state index contributed by atoms with van der Waals surface area (Å²) in [6, 6.07) is 3.09. The van der Waals surface area contributed by atoms with Crippen molar-refractivity contribution in [2.45, 2.75) is 6.92 Å². The molecule has 11 nitrogen and oxygen atoms in total. The number of nitrogens with one attached hydrogen (secondary N) is 1. The normalized spacial score (nSPS) is 15.1. The zero-order valence-electron chi connectivity index (χ0n) is 13.0. The van der Waals surface area contributed by atoms with Gasteiger partial charge in [-0.2, -0.15) is 14.9 Å². The van der Waals surface area contributed by atoms with Gasteiger partial charge in [0.05, 0.1) is 18.1 Å². The molecule has 0 fully saturated rings. The quantitative estimate of drug-likeness (QED) is 0.386. The molecule has 1 heterocycles. The molecule has 0 saturated carbocycles. The molecule has 0 bridgehead atoms.